The highest BCUT2D eigenvalue weighted by Gasteiger charge is 2.06. The van der Waals surface area contributed by atoms with E-state index in [4.69, 9.17) is 5.11 Å². The first-order chi connectivity index (χ1) is 7.63. The van der Waals surface area contributed by atoms with E-state index in [0.717, 1.165) is 0 Å². The number of nitrogens with one attached hydrogen (secondary N) is 1. The molecule has 2 heterocycles. The van der Waals surface area contributed by atoms with Crippen LogP contribution in [0.4, 0.5) is 10.9 Å². The largest absolute Gasteiger partial charge is 0.481 e. The molecule has 0 aliphatic carbocycles. The SMILES string of the molecule is Cn1ccc(Nc2nc(CC(=O)O)cs2)n1. The van der Waals surface area contributed by atoms with Gasteiger partial charge in [0.1, 0.15) is 0 Å². The van der Waals surface area contributed by atoms with Gasteiger partial charge in [-0.25, -0.2) is 4.98 Å². The molecule has 2 aromatic rings. The van der Waals surface area contributed by atoms with Crippen molar-refractivity contribution in [2.24, 2.45) is 7.05 Å². The molecule has 6 nitrogen and oxygen atoms in total. The maximum absolute atomic E-state index is 10.5. The van der Waals surface area contributed by atoms with Crippen molar-refractivity contribution in [2.75, 3.05) is 5.32 Å². The van der Waals surface area contributed by atoms with Gasteiger partial charge in [-0.3, -0.25) is 9.48 Å². The highest BCUT2D eigenvalue weighted by molar-refractivity contribution is 7.13. The Morgan fingerprint density at radius 1 is 1.69 bits per heavy atom. The Hall–Kier alpha value is -1.89. The van der Waals surface area contributed by atoms with E-state index in [0.29, 0.717) is 16.6 Å². The second-order valence-corrected chi connectivity index (χ2v) is 4.07. The average Bonchev–Trinajstić information content (AvgIpc) is 2.76. The molecule has 0 saturated heterocycles. The molecule has 0 atom stereocenters. The molecule has 2 rings (SSSR count). The van der Waals surface area contributed by atoms with E-state index >= 15 is 0 Å². The molecular weight excluding hydrogens is 228 g/mol. The van der Waals surface area contributed by atoms with Crippen LogP contribution < -0.4 is 5.32 Å². The molecule has 2 aromatic heterocycles. The molecule has 0 fully saturated rings. The molecule has 0 aromatic carbocycles. The van der Waals surface area contributed by atoms with E-state index in [1.165, 1.54) is 11.3 Å². The van der Waals surface area contributed by atoms with Crippen LogP contribution in [0.2, 0.25) is 0 Å². The highest BCUT2D eigenvalue weighted by atomic mass is 32.1. The summed E-state index contributed by atoms with van der Waals surface area (Å²) in [6, 6.07) is 1.82. The molecule has 0 radical (unpaired) electrons. The van der Waals surface area contributed by atoms with Crippen LogP contribution in [0.5, 0.6) is 0 Å². The molecule has 7 heteroatoms. The number of anilines is 2. The molecule has 0 aliphatic heterocycles. The number of hydrogen-bond donors (Lipinski definition) is 2. The summed E-state index contributed by atoms with van der Waals surface area (Å²) in [6.45, 7) is 0. The van der Waals surface area contributed by atoms with Gasteiger partial charge < -0.3 is 10.4 Å². The number of carboxylic acid groups (broad SMARTS) is 1. The number of hydrogen-bond acceptors (Lipinski definition) is 5. The Morgan fingerprint density at radius 2 is 2.50 bits per heavy atom. The summed E-state index contributed by atoms with van der Waals surface area (Å²) < 4.78 is 1.67. The number of aromatic nitrogens is 3. The lowest BCUT2D eigenvalue weighted by Crippen LogP contribution is -2.00. The standard InChI is InChI=1S/C9H10N4O2S/c1-13-3-2-7(12-13)11-9-10-6(5-16-9)4-8(14)15/h2-3,5H,4H2,1H3,(H,14,15)(H,10,11,12). The zero-order valence-corrected chi connectivity index (χ0v) is 9.36. The van der Waals surface area contributed by atoms with Crippen molar-refractivity contribution in [3.8, 4) is 0 Å². The minimum Gasteiger partial charge on any atom is -0.481 e. The van der Waals surface area contributed by atoms with Crippen LogP contribution in [-0.2, 0) is 18.3 Å². The number of aliphatic carboxylic acids is 1. The van der Waals surface area contributed by atoms with Crippen LogP contribution in [0.3, 0.4) is 0 Å². The molecule has 0 aliphatic rings. The van der Waals surface area contributed by atoms with Gasteiger partial charge in [0, 0.05) is 24.7 Å². The lowest BCUT2D eigenvalue weighted by molar-refractivity contribution is -0.136. The molecule has 0 amide bonds. The van der Waals surface area contributed by atoms with Crippen molar-refractivity contribution >= 4 is 28.3 Å². The lowest BCUT2D eigenvalue weighted by atomic mass is 10.3. The molecule has 0 bridgehead atoms. The van der Waals surface area contributed by atoms with Gasteiger partial charge in [0.25, 0.3) is 0 Å². The van der Waals surface area contributed by atoms with Gasteiger partial charge in [0.15, 0.2) is 10.9 Å². The average molecular weight is 238 g/mol. The number of carboxylic acids is 1. The third kappa shape index (κ3) is 2.57. The Kier molecular flexibility index (Phi) is 2.86. The predicted molar refractivity (Wildman–Crippen MR) is 59.9 cm³/mol. The number of thiazole rings is 1. The van der Waals surface area contributed by atoms with Gasteiger partial charge in [0.2, 0.25) is 0 Å². The summed E-state index contributed by atoms with van der Waals surface area (Å²) in [7, 11) is 1.82. The smallest absolute Gasteiger partial charge is 0.309 e. The maximum atomic E-state index is 10.5. The summed E-state index contributed by atoms with van der Waals surface area (Å²) >= 11 is 1.36. The number of nitrogens with zero attached hydrogens (tertiary/aromatic N) is 3. The minimum atomic E-state index is -0.880. The topological polar surface area (TPSA) is 80.0 Å². The van der Waals surface area contributed by atoms with Crippen molar-refractivity contribution in [1.29, 1.82) is 0 Å². The Balaban J connectivity index is 2.05. The molecule has 0 saturated carbocycles. The van der Waals surface area contributed by atoms with E-state index in [1.54, 1.807) is 10.1 Å². The van der Waals surface area contributed by atoms with Crippen molar-refractivity contribution in [2.45, 2.75) is 6.42 Å². The molecular formula is C9H10N4O2S. The Labute approximate surface area is 95.6 Å². The van der Waals surface area contributed by atoms with Crippen LogP contribution in [0.15, 0.2) is 17.6 Å². The number of rotatable bonds is 4. The van der Waals surface area contributed by atoms with E-state index in [9.17, 15) is 4.79 Å². The van der Waals surface area contributed by atoms with E-state index in [-0.39, 0.29) is 6.42 Å². The van der Waals surface area contributed by atoms with Gasteiger partial charge in [-0.1, -0.05) is 0 Å². The van der Waals surface area contributed by atoms with Gasteiger partial charge >= 0.3 is 5.97 Å². The first kappa shape index (κ1) is 10.6. The monoisotopic (exact) mass is 238 g/mol. The highest BCUT2D eigenvalue weighted by Crippen LogP contribution is 2.19. The second-order valence-electron chi connectivity index (χ2n) is 3.21. The van der Waals surface area contributed by atoms with Crippen molar-refractivity contribution in [1.82, 2.24) is 14.8 Å². The fourth-order valence-electron chi connectivity index (χ4n) is 1.19. The Morgan fingerprint density at radius 3 is 3.12 bits per heavy atom. The fraction of sp³-hybridized carbons (Fsp3) is 0.222. The van der Waals surface area contributed by atoms with Crippen LogP contribution in [0.1, 0.15) is 5.69 Å². The Bertz CT molecular complexity index is 505. The van der Waals surface area contributed by atoms with Gasteiger partial charge in [-0.15, -0.1) is 11.3 Å². The van der Waals surface area contributed by atoms with Gasteiger partial charge in [-0.2, -0.15) is 5.10 Å². The molecule has 0 unspecified atom stereocenters. The first-order valence-electron chi connectivity index (χ1n) is 4.56. The second kappa shape index (κ2) is 4.31. The first-order valence-corrected chi connectivity index (χ1v) is 5.44. The van der Waals surface area contributed by atoms with Crippen LogP contribution in [0.25, 0.3) is 0 Å². The third-order valence-electron chi connectivity index (χ3n) is 1.83. The van der Waals surface area contributed by atoms with E-state index < -0.39 is 5.97 Å². The normalized spacial score (nSPS) is 10.3. The third-order valence-corrected chi connectivity index (χ3v) is 2.64. The summed E-state index contributed by atoms with van der Waals surface area (Å²) in [5.74, 6) is -0.187. The molecule has 2 N–H and O–H groups in total. The number of aryl methyl sites for hydroxylation is 1. The lowest BCUT2D eigenvalue weighted by Gasteiger charge is -1.95. The minimum absolute atomic E-state index is 0.0552. The van der Waals surface area contributed by atoms with Gasteiger partial charge in [0.05, 0.1) is 12.1 Å². The van der Waals surface area contributed by atoms with Crippen LogP contribution in [0, 0.1) is 0 Å². The fourth-order valence-corrected chi connectivity index (χ4v) is 1.91. The molecule has 16 heavy (non-hydrogen) atoms. The number of carbonyl (C=O) groups is 1. The quantitative estimate of drug-likeness (QED) is 0.837. The van der Waals surface area contributed by atoms with Crippen molar-refractivity contribution in [3.63, 3.8) is 0 Å². The van der Waals surface area contributed by atoms with Crippen LogP contribution >= 0.6 is 11.3 Å². The zero-order valence-electron chi connectivity index (χ0n) is 8.54. The van der Waals surface area contributed by atoms with E-state index in [2.05, 4.69) is 15.4 Å². The molecule has 84 valence electrons. The zero-order chi connectivity index (χ0) is 11.5. The summed E-state index contributed by atoms with van der Waals surface area (Å²) in [5.41, 5.74) is 0.552. The van der Waals surface area contributed by atoms with Gasteiger partial charge in [-0.05, 0) is 0 Å². The maximum Gasteiger partial charge on any atom is 0.309 e. The summed E-state index contributed by atoms with van der Waals surface area (Å²) in [6.07, 6.45) is 1.76. The van der Waals surface area contributed by atoms with Crippen molar-refractivity contribution in [3.05, 3.63) is 23.3 Å². The predicted octanol–water partition coefficient (Wildman–Crippen LogP) is 1.25. The van der Waals surface area contributed by atoms with Crippen LogP contribution in [-0.4, -0.2) is 25.8 Å². The van der Waals surface area contributed by atoms with E-state index in [1.807, 2.05) is 19.3 Å². The summed E-state index contributed by atoms with van der Waals surface area (Å²) in [4.78, 5) is 14.6. The molecule has 0 spiro atoms. The van der Waals surface area contributed by atoms with Crippen molar-refractivity contribution < 1.29 is 9.90 Å². The summed E-state index contributed by atoms with van der Waals surface area (Å²) in [5, 5.41) is 18.1.